The topological polar surface area (TPSA) is 108 Å². The van der Waals surface area contributed by atoms with Crippen LogP contribution in [0.25, 0.3) is 0 Å². The fraction of sp³-hybridized carbons (Fsp3) is 1.00. The quantitative estimate of drug-likeness (QED) is 0.103. The lowest BCUT2D eigenvalue weighted by Crippen LogP contribution is -2.31. The number of likely N-dealkylation sites (N-methyl/N-ethyl adjacent to an activating group) is 1. The molecule has 0 bridgehead atoms. The maximum absolute atomic E-state index is 11.9. The van der Waals surface area contributed by atoms with E-state index in [1.165, 1.54) is 96.9 Å². The van der Waals surface area contributed by atoms with Gasteiger partial charge in [-0.1, -0.05) is 103 Å². The molecule has 3 atom stereocenters. The van der Waals surface area contributed by atoms with Crippen LogP contribution in [0.2, 0.25) is 0 Å². The van der Waals surface area contributed by atoms with Crippen molar-refractivity contribution in [1.29, 1.82) is 0 Å². The molecule has 0 aliphatic heterocycles. The Morgan fingerprint density at radius 2 is 1.22 bits per heavy atom. The summed E-state index contributed by atoms with van der Waals surface area (Å²) in [6, 6.07) is 0. The first-order valence-electron chi connectivity index (χ1n) is 13.0. The zero-order valence-electron chi connectivity index (χ0n) is 20.8. The van der Waals surface area contributed by atoms with Crippen molar-refractivity contribution >= 4 is 7.60 Å². The molecule has 0 aromatic carbocycles. The molecule has 0 aromatic rings. The van der Waals surface area contributed by atoms with Gasteiger partial charge in [0.05, 0.1) is 19.8 Å². The van der Waals surface area contributed by atoms with Gasteiger partial charge >= 0.3 is 7.60 Å². The normalized spacial score (nSPS) is 15.5. The standard InChI is InChI=1S/C24H52NO6P/c1-3-4-5-6-7-8-9-10-11-12-13-14-15-16-17-18-19-30-21-23(27)22-31-32(28,29)24(20-26)25-2/h23-27H,3-22H2,1-2H3,(H,28,29)/t23-,24?/m0/s1. The molecule has 4 N–H and O–H groups in total. The maximum atomic E-state index is 11.9. The predicted molar refractivity (Wildman–Crippen MR) is 132 cm³/mol. The first kappa shape index (κ1) is 32.0. The lowest BCUT2D eigenvalue weighted by atomic mass is 10.0. The average Bonchev–Trinajstić information content (AvgIpc) is 2.77. The molecule has 32 heavy (non-hydrogen) atoms. The van der Waals surface area contributed by atoms with Crippen LogP contribution in [0.4, 0.5) is 0 Å². The molecule has 194 valence electrons. The highest BCUT2D eigenvalue weighted by Crippen LogP contribution is 2.45. The number of nitrogens with one attached hydrogen (secondary N) is 1. The number of aliphatic hydroxyl groups is 2. The highest BCUT2D eigenvalue weighted by atomic mass is 31.2. The summed E-state index contributed by atoms with van der Waals surface area (Å²) in [6.07, 6.45) is 20.2. The van der Waals surface area contributed by atoms with Crippen LogP contribution >= 0.6 is 7.60 Å². The Hall–Kier alpha value is -0.0100. The van der Waals surface area contributed by atoms with Crippen LogP contribution in [-0.4, -0.2) is 60.5 Å². The first-order valence-corrected chi connectivity index (χ1v) is 14.6. The van der Waals surface area contributed by atoms with Crippen molar-refractivity contribution < 1.29 is 28.9 Å². The molecule has 0 radical (unpaired) electrons. The molecule has 0 aromatic heterocycles. The fourth-order valence-corrected chi connectivity index (χ4v) is 4.76. The van der Waals surface area contributed by atoms with Gasteiger partial charge in [-0.2, -0.15) is 0 Å². The van der Waals surface area contributed by atoms with Crippen LogP contribution < -0.4 is 5.32 Å². The number of ether oxygens (including phenoxy) is 1. The number of unbranched alkanes of at least 4 members (excludes halogenated alkanes) is 15. The summed E-state index contributed by atoms with van der Waals surface area (Å²) >= 11 is 0. The average molecular weight is 482 g/mol. The van der Waals surface area contributed by atoms with Crippen molar-refractivity contribution in [3.8, 4) is 0 Å². The highest BCUT2D eigenvalue weighted by Gasteiger charge is 2.31. The summed E-state index contributed by atoms with van der Waals surface area (Å²) in [5.41, 5.74) is 0. The second-order valence-corrected chi connectivity index (χ2v) is 10.9. The van der Waals surface area contributed by atoms with E-state index in [0.29, 0.717) is 6.61 Å². The van der Waals surface area contributed by atoms with Gasteiger partial charge in [-0.3, -0.25) is 4.57 Å². The summed E-state index contributed by atoms with van der Waals surface area (Å²) in [6.45, 7) is 2.09. The van der Waals surface area contributed by atoms with Crippen LogP contribution in [0.1, 0.15) is 110 Å². The van der Waals surface area contributed by atoms with Crippen molar-refractivity contribution in [2.45, 2.75) is 122 Å². The molecular weight excluding hydrogens is 429 g/mol. The smallest absolute Gasteiger partial charge is 0.347 e. The molecule has 0 saturated heterocycles. The fourth-order valence-electron chi connectivity index (χ4n) is 3.66. The molecule has 0 aliphatic carbocycles. The van der Waals surface area contributed by atoms with Crippen LogP contribution in [-0.2, 0) is 13.8 Å². The number of rotatable bonds is 25. The number of hydrogen-bond acceptors (Lipinski definition) is 6. The molecule has 0 rings (SSSR count). The van der Waals surface area contributed by atoms with Gasteiger partial charge in [-0.15, -0.1) is 0 Å². The summed E-state index contributed by atoms with van der Waals surface area (Å²) in [5, 5.41) is 21.4. The van der Waals surface area contributed by atoms with E-state index in [0.717, 1.165) is 12.8 Å². The highest BCUT2D eigenvalue weighted by molar-refractivity contribution is 7.53. The minimum Gasteiger partial charge on any atom is -0.394 e. The molecule has 0 spiro atoms. The van der Waals surface area contributed by atoms with E-state index in [9.17, 15) is 14.6 Å². The molecule has 7 nitrogen and oxygen atoms in total. The second kappa shape index (κ2) is 22.8. The Labute approximate surface area is 197 Å². The Bertz CT molecular complexity index is 437. The summed E-state index contributed by atoms with van der Waals surface area (Å²) < 4.78 is 22.2. The number of hydrogen-bond donors (Lipinski definition) is 4. The van der Waals surface area contributed by atoms with Gasteiger partial charge in [-0.05, 0) is 13.5 Å². The zero-order chi connectivity index (χ0) is 23.9. The van der Waals surface area contributed by atoms with Gasteiger partial charge in [-0.25, -0.2) is 0 Å². The monoisotopic (exact) mass is 481 g/mol. The predicted octanol–water partition coefficient (Wildman–Crippen LogP) is 5.37. The Balaban J connectivity index is 3.34. The van der Waals surface area contributed by atoms with E-state index in [4.69, 9.17) is 14.4 Å². The van der Waals surface area contributed by atoms with Gasteiger partial charge in [0.2, 0.25) is 0 Å². The first-order chi connectivity index (χ1) is 15.5. The summed E-state index contributed by atoms with van der Waals surface area (Å²) in [7, 11) is -2.55. The molecule has 8 heteroatoms. The van der Waals surface area contributed by atoms with Crippen molar-refractivity contribution in [3.63, 3.8) is 0 Å². The van der Waals surface area contributed by atoms with Crippen molar-refractivity contribution in [1.82, 2.24) is 5.32 Å². The van der Waals surface area contributed by atoms with Crippen LogP contribution in [0, 0.1) is 0 Å². The van der Waals surface area contributed by atoms with E-state index >= 15 is 0 Å². The number of aliphatic hydroxyl groups excluding tert-OH is 2. The summed E-state index contributed by atoms with van der Waals surface area (Å²) in [5.74, 6) is -1.05. The van der Waals surface area contributed by atoms with E-state index < -0.39 is 26.1 Å². The molecular formula is C24H52NO6P. The van der Waals surface area contributed by atoms with Crippen LogP contribution in [0.3, 0.4) is 0 Å². The van der Waals surface area contributed by atoms with Crippen molar-refractivity contribution in [2.24, 2.45) is 0 Å². The Morgan fingerprint density at radius 3 is 1.62 bits per heavy atom. The molecule has 2 unspecified atom stereocenters. The largest absolute Gasteiger partial charge is 0.394 e. The molecule has 0 heterocycles. The van der Waals surface area contributed by atoms with E-state index in [1.807, 2.05) is 0 Å². The Kier molecular flexibility index (Phi) is 22.8. The SMILES string of the molecule is CCCCCCCCCCCCCCCCCCOC[C@H](O)COP(=O)(O)C(CO)NC. The van der Waals surface area contributed by atoms with Gasteiger partial charge < -0.3 is 29.7 Å². The van der Waals surface area contributed by atoms with Gasteiger partial charge in [0, 0.05) is 6.61 Å². The minimum absolute atomic E-state index is 0.0715. The van der Waals surface area contributed by atoms with Gasteiger partial charge in [0.25, 0.3) is 0 Å². The van der Waals surface area contributed by atoms with Crippen LogP contribution in [0.5, 0.6) is 0 Å². The summed E-state index contributed by atoms with van der Waals surface area (Å²) in [4.78, 5) is 9.71. The minimum atomic E-state index is -4.01. The Morgan fingerprint density at radius 1 is 0.781 bits per heavy atom. The van der Waals surface area contributed by atoms with Crippen molar-refractivity contribution in [3.05, 3.63) is 0 Å². The van der Waals surface area contributed by atoms with E-state index in [-0.39, 0.29) is 13.2 Å². The third-order valence-corrected chi connectivity index (χ3v) is 7.53. The lowest BCUT2D eigenvalue weighted by molar-refractivity contribution is 0.00791. The molecule has 0 fully saturated rings. The maximum Gasteiger partial charge on any atom is 0.347 e. The van der Waals surface area contributed by atoms with Crippen LogP contribution in [0.15, 0.2) is 0 Å². The molecule has 0 saturated carbocycles. The van der Waals surface area contributed by atoms with E-state index in [2.05, 4.69) is 12.2 Å². The second-order valence-electron chi connectivity index (χ2n) is 8.88. The molecule has 0 amide bonds. The lowest BCUT2D eigenvalue weighted by Gasteiger charge is -2.21. The van der Waals surface area contributed by atoms with Gasteiger partial charge in [0.15, 0.2) is 0 Å². The third kappa shape index (κ3) is 19.5. The van der Waals surface area contributed by atoms with Gasteiger partial charge in [0.1, 0.15) is 11.9 Å². The van der Waals surface area contributed by atoms with E-state index in [1.54, 1.807) is 0 Å². The molecule has 0 aliphatic rings. The van der Waals surface area contributed by atoms with Crippen molar-refractivity contribution in [2.75, 3.05) is 33.5 Å². The third-order valence-electron chi connectivity index (χ3n) is 5.80. The zero-order valence-corrected chi connectivity index (χ0v) is 21.7.